The zero-order valence-electron chi connectivity index (χ0n) is 23.5. The number of carbonyl (C=O) groups is 1. The third kappa shape index (κ3) is 7.83. The molecule has 1 amide bonds. The molecule has 0 radical (unpaired) electrons. The average Bonchev–Trinajstić information content (AvgIpc) is 3.04. The van der Waals surface area contributed by atoms with Crippen molar-refractivity contribution >= 4 is 22.4 Å². The topological polar surface area (TPSA) is 82.0 Å². The number of ether oxygens (including phenoxy) is 1. The van der Waals surface area contributed by atoms with Gasteiger partial charge in [0.05, 0.1) is 6.61 Å². The van der Waals surface area contributed by atoms with Crippen LogP contribution in [-0.2, 0) is 13.0 Å². The molecule has 0 fully saturated rings. The molecule has 42 heavy (non-hydrogen) atoms. The van der Waals surface area contributed by atoms with E-state index in [0.29, 0.717) is 36.5 Å². The van der Waals surface area contributed by atoms with Gasteiger partial charge >= 0.3 is 0 Å². The lowest BCUT2D eigenvalue weighted by atomic mass is 10.0. The number of rotatable bonds is 13. The van der Waals surface area contributed by atoms with Gasteiger partial charge in [0.25, 0.3) is 5.91 Å². The summed E-state index contributed by atoms with van der Waals surface area (Å²) in [4.78, 5) is 15.2. The summed E-state index contributed by atoms with van der Waals surface area (Å²) in [6.07, 6.45) is -0.165. The highest BCUT2D eigenvalue weighted by atomic mass is 16.5. The van der Waals surface area contributed by atoms with Gasteiger partial charge in [0, 0.05) is 30.4 Å². The number of nitrogens with one attached hydrogen (secondary N) is 1. The summed E-state index contributed by atoms with van der Waals surface area (Å²) in [6, 6.07) is 40.5. The quantitative estimate of drug-likeness (QED) is 0.166. The fraction of sp³-hybridized carbons (Fsp3) is 0.194. The largest absolute Gasteiger partial charge is 0.491 e. The van der Waals surface area contributed by atoms with Crippen molar-refractivity contribution < 1.29 is 19.7 Å². The Balaban J connectivity index is 1.25. The molecule has 5 aromatic carbocycles. The Labute approximate surface area is 246 Å². The third-order valence-electron chi connectivity index (χ3n) is 7.30. The first-order valence-electron chi connectivity index (χ1n) is 14.2. The molecule has 0 spiro atoms. The van der Waals surface area contributed by atoms with E-state index in [1.165, 1.54) is 0 Å². The summed E-state index contributed by atoms with van der Waals surface area (Å²) < 4.78 is 5.78. The molecule has 0 aliphatic rings. The van der Waals surface area contributed by atoms with Gasteiger partial charge in [-0.15, -0.1) is 0 Å². The van der Waals surface area contributed by atoms with Crippen molar-refractivity contribution in [2.75, 3.05) is 25.1 Å². The van der Waals surface area contributed by atoms with Crippen molar-refractivity contribution in [3.63, 3.8) is 0 Å². The Morgan fingerprint density at radius 1 is 0.762 bits per heavy atom. The van der Waals surface area contributed by atoms with Gasteiger partial charge in [0.15, 0.2) is 0 Å². The van der Waals surface area contributed by atoms with Crippen LogP contribution in [0.2, 0.25) is 0 Å². The van der Waals surface area contributed by atoms with E-state index in [0.717, 1.165) is 21.9 Å². The molecule has 3 N–H and O–H groups in total. The molecule has 0 unspecified atom stereocenters. The van der Waals surface area contributed by atoms with E-state index < -0.39 is 6.10 Å². The Morgan fingerprint density at radius 2 is 1.43 bits per heavy atom. The van der Waals surface area contributed by atoms with Crippen LogP contribution in [0.15, 0.2) is 127 Å². The number of para-hydroxylation sites is 1. The number of anilines is 1. The molecule has 0 aliphatic carbocycles. The SMILES string of the molecule is O=C(Nc1ccc(C[C@@H](CO)N(Cc2ccccc2)C[C@H](O)COc2ccccc2)cc1)c1cccc2ccccc12. The summed E-state index contributed by atoms with van der Waals surface area (Å²) in [6.45, 7) is 0.997. The van der Waals surface area contributed by atoms with Gasteiger partial charge in [0.1, 0.15) is 18.5 Å². The van der Waals surface area contributed by atoms with Gasteiger partial charge in [-0.1, -0.05) is 97.1 Å². The van der Waals surface area contributed by atoms with E-state index in [4.69, 9.17) is 4.74 Å². The van der Waals surface area contributed by atoms with Crippen molar-refractivity contribution in [1.82, 2.24) is 4.90 Å². The molecule has 6 heteroatoms. The van der Waals surface area contributed by atoms with E-state index >= 15 is 0 Å². The average molecular weight is 561 g/mol. The fourth-order valence-electron chi connectivity index (χ4n) is 5.12. The molecule has 2 atom stereocenters. The van der Waals surface area contributed by atoms with Crippen LogP contribution in [0.5, 0.6) is 5.75 Å². The number of amides is 1. The summed E-state index contributed by atoms with van der Waals surface area (Å²) in [7, 11) is 0. The molecule has 0 saturated carbocycles. The first-order valence-corrected chi connectivity index (χ1v) is 14.2. The van der Waals surface area contributed by atoms with Crippen LogP contribution in [-0.4, -0.2) is 52.9 Å². The van der Waals surface area contributed by atoms with Gasteiger partial charge < -0.3 is 20.3 Å². The van der Waals surface area contributed by atoms with Crippen molar-refractivity contribution in [1.29, 1.82) is 0 Å². The van der Waals surface area contributed by atoms with Gasteiger partial charge in [-0.2, -0.15) is 0 Å². The maximum atomic E-state index is 13.1. The highest BCUT2D eigenvalue weighted by Crippen LogP contribution is 2.21. The predicted octanol–water partition coefficient (Wildman–Crippen LogP) is 5.94. The van der Waals surface area contributed by atoms with E-state index in [1.54, 1.807) is 0 Å². The number of fused-ring (bicyclic) bond motifs is 1. The molecule has 5 rings (SSSR count). The van der Waals surface area contributed by atoms with Crippen LogP contribution in [0.1, 0.15) is 21.5 Å². The number of aliphatic hydroxyl groups excluding tert-OH is 2. The van der Waals surface area contributed by atoms with E-state index in [-0.39, 0.29) is 25.2 Å². The molecule has 214 valence electrons. The monoisotopic (exact) mass is 560 g/mol. The minimum atomic E-state index is -0.741. The fourth-order valence-corrected chi connectivity index (χ4v) is 5.12. The van der Waals surface area contributed by atoms with Crippen molar-refractivity contribution in [3.05, 3.63) is 144 Å². The first-order chi connectivity index (χ1) is 20.6. The lowest BCUT2D eigenvalue weighted by Gasteiger charge is -2.32. The minimum Gasteiger partial charge on any atom is -0.491 e. The maximum Gasteiger partial charge on any atom is 0.256 e. The Morgan fingerprint density at radius 3 is 2.17 bits per heavy atom. The molecule has 6 nitrogen and oxygen atoms in total. The van der Waals surface area contributed by atoms with Gasteiger partial charge in [0.2, 0.25) is 0 Å². The number of benzene rings is 5. The molecule has 5 aromatic rings. The lowest BCUT2D eigenvalue weighted by Crippen LogP contribution is -2.44. The molecule has 0 bridgehead atoms. The summed E-state index contributed by atoms with van der Waals surface area (Å²) in [5, 5.41) is 26.2. The van der Waals surface area contributed by atoms with Gasteiger partial charge in [-0.05, 0) is 58.7 Å². The number of carbonyl (C=O) groups excluding carboxylic acids is 1. The van der Waals surface area contributed by atoms with Crippen LogP contribution in [0.4, 0.5) is 5.69 Å². The van der Waals surface area contributed by atoms with Gasteiger partial charge in [-0.25, -0.2) is 0 Å². The van der Waals surface area contributed by atoms with Crippen LogP contribution in [0.25, 0.3) is 10.8 Å². The highest BCUT2D eigenvalue weighted by Gasteiger charge is 2.22. The molecule has 0 saturated heterocycles. The summed E-state index contributed by atoms with van der Waals surface area (Å²) >= 11 is 0. The maximum absolute atomic E-state index is 13.1. The number of hydrogen-bond donors (Lipinski definition) is 3. The normalized spacial score (nSPS) is 12.6. The van der Waals surface area contributed by atoms with Crippen molar-refractivity contribution in [3.8, 4) is 5.75 Å². The van der Waals surface area contributed by atoms with Crippen LogP contribution >= 0.6 is 0 Å². The van der Waals surface area contributed by atoms with E-state index in [2.05, 4.69) is 10.2 Å². The molecule has 0 heterocycles. The second-order valence-electron chi connectivity index (χ2n) is 10.4. The predicted molar refractivity (Wildman–Crippen MR) is 168 cm³/mol. The molecule has 0 aliphatic heterocycles. The van der Waals surface area contributed by atoms with Gasteiger partial charge in [-0.3, -0.25) is 9.69 Å². The second-order valence-corrected chi connectivity index (χ2v) is 10.4. The molecular weight excluding hydrogens is 524 g/mol. The van der Waals surface area contributed by atoms with E-state index in [1.807, 2.05) is 127 Å². The van der Waals surface area contributed by atoms with E-state index in [9.17, 15) is 15.0 Å². The Kier molecular flexibility index (Phi) is 9.96. The smallest absolute Gasteiger partial charge is 0.256 e. The Bertz CT molecular complexity index is 1550. The zero-order valence-corrected chi connectivity index (χ0v) is 23.5. The second kappa shape index (κ2) is 14.4. The third-order valence-corrected chi connectivity index (χ3v) is 7.30. The first kappa shape index (κ1) is 29.0. The highest BCUT2D eigenvalue weighted by molar-refractivity contribution is 6.12. The molecule has 0 aromatic heterocycles. The number of nitrogens with zero attached hydrogens (tertiary/aromatic N) is 1. The van der Waals surface area contributed by atoms with Crippen LogP contribution in [0.3, 0.4) is 0 Å². The van der Waals surface area contributed by atoms with Crippen LogP contribution in [0, 0.1) is 0 Å². The number of aliphatic hydroxyl groups is 2. The minimum absolute atomic E-state index is 0.0708. The van der Waals surface area contributed by atoms with Crippen molar-refractivity contribution in [2.24, 2.45) is 0 Å². The van der Waals surface area contributed by atoms with Crippen LogP contribution < -0.4 is 10.1 Å². The lowest BCUT2D eigenvalue weighted by molar-refractivity contribution is 0.0335. The van der Waals surface area contributed by atoms with Crippen molar-refractivity contribution in [2.45, 2.75) is 25.1 Å². The Hall–Kier alpha value is -4.49. The summed E-state index contributed by atoms with van der Waals surface area (Å²) in [5.41, 5.74) is 3.44. The standard InChI is InChI=1S/C36H36N2O4/c39-25-31(38(23-28-10-3-1-4-11-28)24-32(40)26-42-33-14-5-2-6-15-33)22-27-18-20-30(21-19-27)37-36(41)35-17-9-13-29-12-7-8-16-34(29)35/h1-21,31-32,39-40H,22-26H2,(H,37,41)/t31-,32-/m0/s1. The summed E-state index contributed by atoms with van der Waals surface area (Å²) in [5.74, 6) is 0.547. The molecular formula is C36H36N2O4. The zero-order chi connectivity index (χ0) is 29.1. The number of hydrogen-bond acceptors (Lipinski definition) is 5.